The molecule has 0 aromatic rings. The lowest BCUT2D eigenvalue weighted by Crippen LogP contribution is -2.64. The van der Waals surface area contributed by atoms with Gasteiger partial charge >= 0.3 is 6.09 Å². The lowest BCUT2D eigenvalue weighted by Gasteiger charge is -2.50. The van der Waals surface area contributed by atoms with Gasteiger partial charge in [0.2, 0.25) is 0 Å². The number of hydrogen-bond acceptors (Lipinski definition) is 3. The molecular formula is C11H20N2O2. The SMILES string of the molecule is CC(C)(C)OC(=O)N1C[C@@H]2CNCC[C@@H]21. The summed E-state index contributed by atoms with van der Waals surface area (Å²) in [6, 6.07) is 0.418. The van der Waals surface area contributed by atoms with Crippen LogP contribution < -0.4 is 5.32 Å². The lowest BCUT2D eigenvalue weighted by molar-refractivity contribution is -0.0385. The van der Waals surface area contributed by atoms with Crippen molar-refractivity contribution in [1.82, 2.24) is 10.2 Å². The van der Waals surface area contributed by atoms with Crippen LogP contribution in [0.25, 0.3) is 0 Å². The molecule has 86 valence electrons. The van der Waals surface area contributed by atoms with Crippen LogP contribution in [0.2, 0.25) is 0 Å². The van der Waals surface area contributed by atoms with Crippen molar-refractivity contribution in [2.75, 3.05) is 19.6 Å². The second-order valence-electron chi connectivity index (χ2n) is 5.45. The Morgan fingerprint density at radius 1 is 1.47 bits per heavy atom. The fraction of sp³-hybridized carbons (Fsp3) is 0.909. The van der Waals surface area contributed by atoms with E-state index in [0.717, 1.165) is 26.1 Å². The first-order valence-electron chi connectivity index (χ1n) is 5.68. The average Bonchev–Trinajstić information content (AvgIpc) is 2.03. The van der Waals surface area contributed by atoms with Crippen molar-refractivity contribution in [3.63, 3.8) is 0 Å². The van der Waals surface area contributed by atoms with E-state index in [1.165, 1.54) is 0 Å². The molecule has 0 saturated carbocycles. The van der Waals surface area contributed by atoms with Crippen molar-refractivity contribution in [2.45, 2.75) is 38.8 Å². The number of nitrogens with zero attached hydrogens (tertiary/aromatic N) is 1. The number of piperidine rings is 1. The number of carbonyl (C=O) groups excluding carboxylic acids is 1. The van der Waals surface area contributed by atoms with E-state index < -0.39 is 0 Å². The van der Waals surface area contributed by atoms with Crippen LogP contribution in [0.3, 0.4) is 0 Å². The minimum atomic E-state index is -0.380. The zero-order chi connectivity index (χ0) is 11.1. The summed E-state index contributed by atoms with van der Waals surface area (Å²) in [4.78, 5) is 13.7. The summed E-state index contributed by atoms with van der Waals surface area (Å²) in [5.74, 6) is 0.645. The van der Waals surface area contributed by atoms with Gasteiger partial charge in [0.15, 0.2) is 0 Å². The Morgan fingerprint density at radius 3 is 2.80 bits per heavy atom. The molecule has 1 N–H and O–H groups in total. The monoisotopic (exact) mass is 212 g/mol. The van der Waals surface area contributed by atoms with E-state index >= 15 is 0 Å². The Hall–Kier alpha value is -0.770. The molecule has 1 amide bonds. The van der Waals surface area contributed by atoms with Crippen LogP contribution >= 0.6 is 0 Å². The number of rotatable bonds is 0. The van der Waals surface area contributed by atoms with Gasteiger partial charge in [-0.1, -0.05) is 0 Å². The van der Waals surface area contributed by atoms with Gasteiger partial charge in [0.25, 0.3) is 0 Å². The molecule has 2 fully saturated rings. The van der Waals surface area contributed by atoms with Gasteiger partial charge in [-0.25, -0.2) is 4.79 Å². The molecule has 2 saturated heterocycles. The third kappa shape index (κ3) is 2.25. The van der Waals surface area contributed by atoms with Crippen molar-refractivity contribution in [1.29, 1.82) is 0 Å². The predicted molar refractivity (Wildman–Crippen MR) is 57.7 cm³/mol. The van der Waals surface area contributed by atoms with Gasteiger partial charge in [-0.3, -0.25) is 0 Å². The Kier molecular flexibility index (Phi) is 2.63. The summed E-state index contributed by atoms with van der Waals surface area (Å²) in [6.45, 7) is 8.64. The number of amides is 1. The van der Waals surface area contributed by atoms with Crippen LogP contribution in [0.4, 0.5) is 4.79 Å². The Labute approximate surface area is 91.0 Å². The molecule has 0 aromatic heterocycles. The molecule has 0 unspecified atom stereocenters. The molecule has 0 radical (unpaired) electrons. The zero-order valence-electron chi connectivity index (χ0n) is 9.75. The minimum absolute atomic E-state index is 0.148. The van der Waals surface area contributed by atoms with Crippen LogP contribution in [0.5, 0.6) is 0 Å². The standard InChI is InChI=1S/C11H20N2O2/c1-11(2,3)15-10(14)13-7-8-6-12-5-4-9(8)13/h8-9,12H,4-7H2,1-3H3/t8-,9-/m0/s1. The van der Waals surface area contributed by atoms with Crippen LogP contribution in [0.1, 0.15) is 27.2 Å². The number of fused-ring (bicyclic) bond motifs is 1. The number of ether oxygens (including phenoxy) is 1. The molecule has 2 aliphatic rings. The number of likely N-dealkylation sites (tertiary alicyclic amines) is 1. The van der Waals surface area contributed by atoms with Crippen molar-refractivity contribution >= 4 is 6.09 Å². The summed E-state index contributed by atoms with van der Waals surface area (Å²) in [5.41, 5.74) is -0.380. The fourth-order valence-corrected chi connectivity index (χ4v) is 2.29. The van der Waals surface area contributed by atoms with Gasteiger partial charge in [-0.05, 0) is 33.7 Å². The van der Waals surface area contributed by atoms with Crippen LogP contribution in [0, 0.1) is 5.92 Å². The average molecular weight is 212 g/mol. The van der Waals surface area contributed by atoms with Crippen LogP contribution in [0.15, 0.2) is 0 Å². The fourth-order valence-electron chi connectivity index (χ4n) is 2.29. The summed E-state index contributed by atoms with van der Waals surface area (Å²) in [5, 5.41) is 3.35. The van der Waals surface area contributed by atoms with Gasteiger partial charge < -0.3 is 15.0 Å². The van der Waals surface area contributed by atoms with Crippen LogP contribution in [-0.2, 0) is 4.74 Å². The summed E-state index contributed by atoms with van der Waals surface area (Å²) in [6.07, 6.45) is 0.912. The van der Waals surface area contributed by atoms with Gasteiger partial charge in [-0.15, -0.1) is 0 Å². The second-order valence-corrected chi connectivity index (χ2v) is 5.45. The molecule has 2 rings (SSSR count). The first kappa shape index (κ1) is 10.7. The summed E-state index contributed by atoms with van der Waals surface area (Å²) >= 11 is 0. The molecule has 2 atom stereocenters. The lowest BCUT2D eigenvalue weighted by atomic mass is 9.84. The number of hydrogen-bond donors (Lipinski definition) is 1. The third-order valence-corrected chi connectivity index (χ3v) is 3.03. The highest BCUT2D eigenvalue weighted by Gasteiger charge is 2.44. The van der Waals surface area contributed by atoms with E-state index in [4.69, 9.17) is 4.74 Å². The quantitative estimate of drug-likeness (QED) is 0.656. The molecule has 2 aliphatic heterocycles. The topological polar surface area (TPSA) is 41.6 Å². The van der Waals surface area contributed by atoms with Crippen molar-refractivity contribution in [3.8, 4) is 0 Å². The maximum atomic E-state index is 11.8. The molecule has 4 heteroatoms. The van der Waals surface area contributed by atoms with E-state index in [1.807, 2.05) is 25.7 Å². The van der Waals surface area contributed by atoms with E-state index in [2.05, 4.69) is 5.32 Å². The van der Waals surface area contributed by atoms with Gasteiger partial charge in [0, 0.05) is 25.0 Å². The van der Waals surface area contributed by atoms with Gasteiger partial charge in [0.1, 0.15) is 5.60 Å². The normalized spacial score (nSPS) is 30.5. The molecule has 0 bridgehead atoms. The highest BCUT2D eigenvalue weighted by atomic mass is 16.6. The zero-order valence-corrected chi connectivity index (χ0v) is 9.75. The highest BCUT2D eigenvalue weighted by Crippen LogP contribution is 2.30. The summed E-state index contributed by atoms with van der Waals surface area (Å²) < 4.78 is 5.36. The molecule has 2 heterocycles. The smallest absolute Gasteiger partial charge is 0.410 e. The molecule has 0 aliphatic carbocycles. The number of carbonyl (C=O) groups is 1. The first-order valence-corrected chi connectivity index (χ1v) is 5.68. The Bertz CT molecular complexity index is 260. The van der Waals surface area contributed by atoms with Crippen molar-refractivity contribution in [3.05, 3.63) is 0 Å². The molecule has 0 spiro atoms. The van der Waals surface area contributed by atoms with Gasteiger partial charge in [-0.2, -0.15) is 0 Å². The third-order valence-electron chi connectivity index (χ3n) is 3.03. The van der Waals surface area contributed by atoms with Crippen molar-refractivity contribution in [2.24, 2.45) is 5.92 Å². The molecule has 0 aromatic carbocycles. The molecule has 15 heavy (non-hydrogen) atoms. The molecular weight excluding hydrogens is 192 g/mol. The Morgan fingerprint density at radius 2 is 2.20 bits per heavy atom. The van der Waals surface area contributed by atoms with Gasteiger partial charge in [0.05, 0.1) is 0 Å². The number of nitrogens with one attached hydrogen (secondary N) is 1. The predicted octanol–water partition coefficient (Wildman–Crippen LogP) is 1.22. The van der Waals surface area contributed by atoms with E-state index in [9.17, 15) is 4.79 Å². The van der Waals surface area contributed by atoms with E-state index in [0.29, 0.717) is 12.0 Å². The molecule has 4 nitrogen and oxygen atoms in total. The van der Waals surface area contributed by atoms with E-state index in [1.54, 1.807) is 0 Å². The maximum Gasteiger partial charge on any atom is 0.410 e. The van der Waals surface area contributed by atoms with Crippen molar-refractivity contribution < 1.29 is 9.53 Å². The highest BCUT2D eigenvalue weighted by molar-refractivity contribution is 5.69. The summed E-state index contributed by atoms with van der Waals surface area (Å²) in [7, 11) is 0. The minimum Gasteiger partial charge on any atom is -0.444 e. The first-order chi connectivity index (χ1) is 6.97. The second kappa shape index (κ2) is 3.67. The largest absolute Gasteiger partial charge is 0.444 e. The van der Waals surface area contributed by atoms with E-state index in [-0.39, 0.29) is 11.7 Å². The maximum absolute atomic E-state index is 11.8. The Balaban J connectivity index is 1.88. The van der Waals surface area contributed by atoms with Crippen LogP contribution in [-0.4, -0.2) is 42.3 Å².